The van der Waals surface area contributed by atoms with E-state index < -0.39 is 11.9 Å². The molecule has 4 nitrogen and oxygen atoms in total. The molecular weight excluding hydrogens is 433 g/mol. The van der Waals surface area contributed by atoms with E-state index in [0.717, 1.165) is 24.0 Å². The van der Waals surface area contributed by atoms with Gasteiger partial charge in [-0.2, -0.15) is 0 Å². The normalized spacial score (nSPS) is 24.5. The lowest BCUT2D eigenvalue weighted by Gasteiger charge is -2.46. The summed E-state index contributed by atoms with van der Waals surface area (Å²) in [6, 6.07) is 15.2. The Morgan fingerprint density at radius 1 is 1.00 bits per heavy atom. The van der Waals surface area contributed by atoms with Gasteiger partial charge >= 0.3 is 5.97 Å². The van der Waals surface area contributed by atoms with Crippen LogP contribution in [-0.4, -0.2) is 28.4 Å². The minimum Gasteiger partial charge on any atom is -0.481 e. The third kappa shape index (κ3) is 5.07. The van der Waals surface area contributed by atoms with E-state index in [1.54, 1.807) is 0 Å². The molecule has 1 aliphatic heterocycles. The number of carboxylic acids is 1. The number of hydrogen-bond acceptors (Lipinski definition) is 2. The number of carbonyl (C=O) groups excluding carboxylic acids is 1. The summed E-state index contributed by atoms with van der Waals surface area (Å²) in [6.45, 7) is 0.666. The van der Waals surface area contributed by atoms with Crippen molar-refractivity contribution in [2.24, 2.45) is 11.8 Å². The van der Waals surface area contributed by atoms with E-state index in [9.17, 15) is 14.7 Å². The first-order valence-electron chi connectivity index (χ1n) is 11.0. The zero-order valence-electron chi connectivity index (χ0n) is 17.3. The van der Waals surface area contributed by atoms with Gasteiger partial charge in [-0.15, -0.1) is 0 Å². The Hall–Kier alpha value is -2.04. The number of nitrogens with zero attached hydrogens (tertiary/aromatic N) is 1. The number of aliphatic carboxylic acids is 1. The molecule has 2 aliphatic rings. The molecule has 0 radical (unpaired) electrons. The molecule has 2 fully saturated rings. The van der Waals surface area contributed by atoms with Crippen LogP contribution in [0.4, 0.5) is 0 Å². The molecule has 3 atom stereocenters. The zero-order chi connectivity index (χ0) is 22.0. The van der Waals surface area contributed by atoms with Gasteiger partial charge in [0.15, 0.2) is 0 Å². The molecule has 1 heterocycles. The highest BCUT2D eigenvalue weighted by molar-refractivity contribution is 6.30. The van der Waals surface area contributed by atoms with E-state index in [1.165, 1.54) is 12.8 Å². The van der Waals surface area contributed by atoms with Crippen LogP contribution in [0.1, 0.15) is 61.6 Å². The smallest absolute Gasteiger partial charge is 0.304 e. The Labute approximate surface area is 193 Å². The lowest BCUT2D eigenvalue weighted by Crippen LogP contribution is -2.49. The molecule has 164 valence electrons. The number of piperidine rings is 1. The molecule has 1 aliphatic carbocycles. The first kappa shape index (κ1) is 22.2. The average molecular weight is 460 g/mol. The molecule has 0 spiro atoms. The van der Waals surface area contributed by atoms with Gasteiger partial charge in [-0.1, -0.05) is 60.3 Å². The lowest BCUT2D eigenvalue weighted by molar-refractivity contribution is -0.150. The molecule has 1 saturated carbocycles. The van der Waals surface area contributed by atoms with E-state index in [1.807, 2.05) is 53.4 Å². The Morgan fingerprint density at radius 2 is 1.71 bits per heavy atom. The minimum absolute atomic E-state index is 0.0386. The molecule has 2 aromatic carbocycles. The Balaban J connectivity index is 1.78. The van der Waals surface area contributed by atoms with Crippen molar-refractivity contribution in [3.63, 3.8) is 0 Å². The van der Waals surface area contributed by atoms with Crippen LogP contribution in [0.15, 0.2) is 48.5 Å². The van der Waals surface area contributed by atoms with Crippen LogP contribution in [0, 0.1) is 11.8 Å². The van der Waals surface area contributed by atoms with Crippen LogP contribution >= 0.6 is 23.2 Å². The van der Waals surface area contributed by atoms with E-state index in [2.05, 4.69) is 0 Å². The molecule has 31 heavy (non-hydrogen) atoms. The summed E-state index contributed by atoms with van der Waals surface area (Å²) in [5.74, 6) is -1.10. The van der Waals surface area contributed by atoms with E-state index in [4.69, 9.17) is 23.2 Å². The average Bonchev–Trinajstić information content (AvgIpc) is 3.24. The second-order valence-electron chi connectivity index (χ2n) is 8.83. The molecule has 6 heteroatoms. The van der Waals surface area contributed by atoms with E-state index in [-0.39, 0.29) is 24.3 Å². The number of amides is 1. The lowest BCUT2D eigenvalue weighted by atomic mass is 9.74. The first-order chi connectivity index (χ1) is 14.9. The van der Waals surface area contributed by atoms with Crippen molar-refractivity contribution in [1.29, 1.82) is 0 Å². The second-order valence-corrected chi connectivity index (χ2v) is 9.70. The van der Waals surface area contributed by atoms with Crippen LogP contribution in [0.3, 0.4) is 0 Å². The SMILES string of the molecule is O=C(O)C[C@@H]1CC(c2cccc(Cl)c2)[C@@H](c2ccc(Cl)cc2)N(CC2CCCC2)C1=O. The van der Waals surface area contributed by atoms with Gasteiger partial charge in [0.05, 0.1) is 12.5 Å². The van der Waals surface area contributed by atoms with Crippen LogP contribution < -0.4 is 0 Å². The number of hydrogen-bond donors (Lipinski definition) is 1. The second kappa shape index (κ2) is 9.62. The maximum Gasteiger partial charge on any atom is 0.304 e. The molecule has 1 unspecified atom stereocenters. The van der Waals surface area contributed by atoms with Gasteiger partial charge in [0, 0.05) is 28.4 Å². The Kier molecular flexibility index (Phi) is 6.88. The predicted octanol–water partition coefficient (Wildman–Crippen LogP) is 6.33. The summed E-state index contributed by atoms with van der Waals surface area (Å²) in [6.07, 6.45) is 4.94. The number of likely N-dealkylation sites (tertiary alicyclic amines) is 1. The molecule has 0 bridgehead atoms. The van der Waals surface area contributed by atoms with Crippen LogP contribution in [-0.2, 0) is 9.59 Å². The molecule has 0 aromatic heterocycles. The fourth-order valence-electron chi connectivity index (χ4n) is 5.31. The van der Waals surface area contributed by atoms with Gasteiger partial charge in [0.2, 0.25) is 5.91 Å². The fraction of sp³-hybridized carbons (Fsp3) is 0.440. The minimum atomic E-state index is -0.936. The number of rotatable bonds is 6. The quantitative estimate of drug-likeness (QED) is 0.548. The molecule has 1 N–H and O–H groups in total. The van der Waals surface area contributed by atoms with E-state index in [0.29, 0.717) is 28.9 Å². The molecular formula is C25H27Cl2NO3. The summed E-state index contributed by atoms with van der Waals surface area (Å²) in [7, 11) is 0. The predicted molar refractivity (Wildman–Crippen MR) is 122 cm³/mol. The highest BCUT2D eigenvalue weighted by Gasteiger charge is 2.44. The Morgan fingerprint density at radius 3 is 2.35 bits per heavy atom. The molecule has 4 rings (SSSR count). The maximum atomic E-state index is 13.6. The summed E-state index contributed by atoms with van der Waals surface area (Å²) < 4.78 is 0. The number of halogens is 2. The van der Waals surface area contributed by atoms with Crippen LogP contribution in [0.2, 0.25) is 10.0 Å². The van der Waals surface area contributed by atoms with Gasteiger partial charge in [-0.05, 0) is 60.6 Å². The van der Waals surface area contributed by atoms with Gasteiger partial charge in [0.1, 0.15) is 0 Å². The van der Waals surface area contributed by atoms with Crippen LogP contribution in [0.5, 0.6) is 0 Å². The standard InChI is InChI=1S/C25H27Cl2NO3/c26-20-10-8-17(9-11-20)24-22(18-6-3-7-21(27)12-18)13-19(14-23(29)30)25(31)28(24)15-16-4-1-2-5-16/h3,6-12,16,19,22,24H,1-2,4-5,13-15H2,(H,29,30)/t19-,22?,24+/m0/s1. The van der Waals surface area contributed by atoms with Crippen LogP contribution in [0.25, 0.3) is 0 Å². The van der Waals surface area contributed by atoms with Crippen molar-refractivity contribution in [2.75, 3.05) is 6.54 Å². The van der Waals surface area contributed by atoms with Gasteiger partial charge in [-0.25, -0.2) is 0 Å². The van der Waals surface area contributed by atoms with Crippen molar-refractivity contribution in [1.82, 2.24) is 4.90 Å². The highest BCUT2D eigenvalue weighted by Crippen LogP contribution is 2.47. The van der Waals surface area contributed by atoms with Crippen molar-refractivity contribution in [2.45, 2.75) is 50.5 Å². The zero-order valence-corrected chi connectivity index (χ0v) is 18.9. The highest BCUT2D eigenvalue weighted by atomic mass is 35.5. The number of benzene rings is 2. The molecule has 1 saturated heterocycles. The third-order valence-electron chi connectivity index (χ3n) is 6.73. The summed E-state index contributed by atoms with van der Waals surface area (Å²) in [4.78, 5) is 27.1. The number of carbonyl (C=O) groups is 2. The van der Waals surface area contributed by atoms with Crippen molar-refractivity contribution in [3.05, 3.63) is 69.7 Å². The largest absolute Gasteiger partial charge is 0.481 e. The van der Waals surface area contributed by atoms with Gasteiger partial charge in [0.25, 0.3) is 0 Å². The fourth-order valence-corrected chi connectivity index (χ4v) is 5.63. The van der Waals surface area contributed by atoms with Crippen molar-refractivity contribution >= 4 is 35.1 Å². The topological polar surface area (TPSA) is 57.6 Å². The summed E-state index contributed by atoms with van der Waals surface area (Å²) in [5, 5.41) is 10.8. The first-order valence-corrected chi connectivity index (χ1v) is 11.7. The third-order valence-corrected chi connectivity index (χ3v) is 7.21. The van der Waals surface area contributed by atoms with Crippen molar-refractivity contribution in [3.8, 4) is 0 Å². The summed E-state index contributed by atoms with van der Waals surface area (Å²) in [5.41, 5.74) is 2.06. The van der Waals surface area contributed by atoms with Gasteiger partial charge < -0.3 is 10.0 Å². The number of carboxylic acid groups (broad SMARTS) is 1. The Bertz CT molecular complexity index is 940. The maximum absolute atomic E-state index is 13.6. The molecule has 2 aromatic rings. The van der Waals surface area contributed by atoms with Crippen molar-refractivity contribution < 1.29 is 14.7 Å². The van der Waals surface area contributed by atoms with E-state index >= 15 is 0 Å². The molecule has 1 amide bonds. The summed E-state index contributed by atoms with van der Waals surface area (Å²) >= 11 is 12.5. The monoisotopic (exact) mass is 459 g/mol. The van der Waals surface area contributed by atoms with Gasteiger partial charge in [-0.3, -0.25) is 9.59 Å².